The van der Waals surface area contributed by atoms with E-state index >= 15 is 0 Å². The molecule has 15 heteroatoms. The Morgan fingerprint density at radius 2 is 1.88 bits per heavy atom. The number of esters is 1. The topological polar surface area (TPSA) is 92.7 Å². The molecule has 0 amide bonds. The largest absolute Gasteiger partial charge is 0.573 e. The maximum atomic E-state index is 14.6. The molecule has 0 N–H and O–H groups in total. The van der Waals surface area contributed by atoms with Crippen LogP contribution >= 0.6 is 23.2 Å². The summed E-state index contributed by atoms with van der Waals surface area (Å²) in [5.41, 5.74) is -3.97. The molecule has 1 unspecified atom stereocenters. The molecule has 1 aliphatic carbocycles. The average molecular weight is 526 g/mol. The highest BCUT2D eigenvalue weighted by atomic mass is 35.5. The van der Waals surface area contributed by atoms with Crippen molar-refractivity contribution in [2.24, 2.45) is 4.99 Å². The van der Waals surface area contributed by atoms with Crippen LogP contribution in [0, 0.1) is 11.3 Å². The number of rotatable bonds is 6. The number of carbonyl (C=O) groups excluding carboxylic acids is 1. The summed E-state index contributed by atoms with van der Waals surface area (Å²) in [5.74, 6) is -6.07. The molecule has 0 bridgehead atoms. The molecular formula is C19H14Cl2F5N5O3. The van der Waals surface area contributed by atoms with Crippen molar-refractivity contribution in [2.45, 2.75) is 24.1 Å². The van der Waals surface area contributed by atoms with Crippen LogP contribution in [0.1, 0.15) is 17.7 Å². The first kappa shape index (κ1) is 25.5. The monoisotopic (exact) mass is 525 g/mol. The number of benzene rings is 1. The molecule has 1 atom stereocenters. The molecule has 0 saturated heterocycles. The van der Waals surface area contributed by atoms with Gasteiger partial charge in [0.2, 0.25) is 0 Å². The molecule has 182 valence electrons. The predicted molar refractivity (Wildman–Crippen MR) is 110 cm³/mol. The van der Waals surface area contributed by atoms with Gasteiger partial charge in [0.1, 0.15) is 17.5 Å². The van der Waals surface area contributed by atoms with Gasteiger partial charge in [0.05, 0.1) is 29.1 Å². The van der Waals surface area contributed by atoms with Crippen molar-refractivity contribution in [2.75, 3.05) is 21.2 Å². The maximum absolute atomic E-state index is 14.6. The molecule has 1 aromatic carbocycles. The van der Waals surface area contributed by atoms with Gasteiger partial charge in [-0.3, -0.25) is 4.79 Å². The van der Waals surface area contributed by atoms with Gasteiger partial charge in [-0.05, 0) is 0 Å². The van der Waals surface area contributed by atoms with Crippen molar-refractivity contribution >= 4 is 41.3 Å². The Hall–Kier alpha value is -3.11. The van der Waals surface area contributed by atoms with Crippen molar-refractivity contribution in [3.8, 4) is 17.5 Å². The van der Waals surface area contributed by atoms with E-state index in [0.717, 1.165) is 23.9 Å². The highest BCUT2D eigenvalue weighted by Gasteiger charge is 2.79. The highest BCUT2D eigenvalue weighted by molar-refractivity contribution is 6.38. The van der Waals surface area contributed by atoms with E-state index in [1.807, 2.05) is 0 Å². The van der Waals surface area contributed by atoms with Crippen LogP contribution in [-0.2, 0) is 14.9 Å². The SMILES string of the molecule is COC(=O)C1(c2c(C#N)nn(-c3c(Cl)cc(OC(F)(F)F)cc3Cl)c2/N=C/N(C)C)CC1(F)F. The molecular weight excluding hydrogens is 512 g/mol. The van der Waals surface area contributed by atoms with Crippen LogP contribution in [0.25, 0.3) is 5.69 Å². The van der Waals surface area contributed by atoms with Gasteiger partial charge < -0.3 is 14.4 Å². The summed E-state index contributed by atoms with van der Waals surface area (Å²) in [6.45, 7) is 0. The summed E-state index contributed by atoms with van der Waals surface area (Å²) in [6.07, 6.45) is -4.84. The van der Waals surface area contributed by atoms with Crippen LogP contribution in [0.3, 0.4) is 0 Å². The third-order valence-electron chi connectivity index (χ3n) is 4.76. The minimum Gasteiger partial charge on any atom is -0.468 e. The Labute approximate surface area is 199 Å². The summed E-state index contributed by atoms with van der Waals surface area (Å²) in [4.78, 5) is 17.9. The van der Waals surface area contributed by atoms with Gasteiger partial charge in [-0.2, -0.15) is 10.4 Å². The lowest BCUT2D eigenvalue weighted by atomic mass is 9.94. The van der Waals surface area contributed by atoms with Crippen molar-refractivity contribution in [3.05, 3.63) is 33.4 Å². The second-order valence-electron chi connectivity index (χ2n) is 7.34. The molecule has 1 heterocycles. The fourth-order valence-corrected chi connectivity index (χ4v) is 3.95. The summed E-state index contributed by atoms with van der Waals surface area (Å²) >= 11 is 12.3. The van der Waals surface area contributed by atoms with Crippen LogP contribution in [0.4, 0.5) is 27.8 Å². The maximum Gasteiger partial charge on any atom is 0.573 e. The number of aromatic nitrogens is 2. The number of halogens is 7. The van der Waals surface area contributed by atoms with Crippen molar-refractivity contribution in [3.63, 3.8) is 0 Å². The first-order chi connectivity index (χ1) is 15.7. The lowest BCUT2D eigenvalue weighted by Gasteiger charge is -2.16. The summed E-state index contributed by atoms with van der Waals surface area (Å²) in [6, 6.07) is 3.18. The molecule has 34 heavy (non-hydrogen) atoms. The Bertz CT molecular complexity index is 1200. The van der Waals surface area contributed by atoms with Crippen molar-refractivity contribution in [1.82, 2.24) is 14.7 Å². The number of hydrogen-bond donors (Lipinski definition) is 0. The number of nitrogens with zero attached hydrogens (tertiary/aromatic N) is 5. The first-order valence-electron chi connectivity index (χ1n) is 9.14. The van der Waals surface area contributed by atoms with E-state index in [1.54, 1.807) is 20.2 Å². The molecule has 1 aromatic heterocycles. The van der Waals surface area contributed by atoms with Gasteiger partial charge >= 0.3 is 12.3 Å². The van der Waals surface area contributed by atoms with Crippen LogP contribution in [0.15, 0.2) is 17.1 Å². The number of aliphatic imine (C=N–C) groups is 1. The second kappa shape index (κ2) is 8.59. The fraction of sp³-hybridized carbons (Fsp3) is 0.368. The number of methoxy groups -OCH3 is 1. The third kappa shape index (κ3) is 4.35. The zero-order valence-corrected chi connectivity index (χ0v) is 19.1. The number of carbonyl (C=O) groups is 1. The smallest absolute Gasteiger partial charge is 0.468 e. The molecule has 0 aliphatic heterocycles. The van der Waals surface area contributed by atoms with E-state index in [2.05, 4.69) is 19.6 Å². The summed E-state index contributed by atoms with van der Waals surface area (Å²) in [7, 11) is 4.02. The second-order valence-corrected chi connectivity index (χ2v) is 8.15. The number of nitriles is 1. The standard InChI is InChI=1S/C19H14Cl2F5N5O3/c1-30(2)8-28-15-13(17(16(32)33-3)7-18(17,22)23)12(6-27)29-31(15)14-10(20)4-9(5-11(14)21)34-19(24,25)26/h4-5,8H,7H2,1-3H3/b28-8+. The van der Waals surface area contributed by atoms with Gasteiger partial charge in [0.25, 0.3) is 5.92 Å². The molecule has 1 aliphatic rings. The van der Waals surface area contributed by atoms with E-state index in [9.17, 15) is 32.0 Å². The zero-order chi connectivity index (χ0) is 25.6. The van der Waals surface area contributed by atoms with E-state index in [1.165, 1.54) is 11.2 Å². The molecule has 0 spiro atoms. The number of ether oxygens (including phenoxy) is 2. The first-order valence-corrected chi connectivity index (χ1v) is 9.89. The number of hydrogen-bond acceptors (Lipinski definition) is 6. The van der Waals surface area contributed by atoms with E-state index in [-0.39, 0.29) is 5.69 Å². The van der Waals surface area contributed by atoms with Gasteiger partial charge in [0.15, 0.2) is 16.9 Å². The Morgan fingerprint density at radius 1 is 1.32 bits per heavy atom. The van der Waals surface area contributed by atoms with Gasteiger partial charge in [-0.25, -0.2) is 18.5 Å². The fourth-order valence-electron chi connectivity index (χ4n) is 3.32. The average Bonchev–Trinajstić information content (AvgIpc) is 3.10. The Balaban J connectivity index is 2.33. The molecule has 3 rings (SSSR count). The zero-order valence-electron chi connectivity index (χ0n) is 17.5. The van der Waals surface area contributed by atoms with Gasteiger partial charge in [-0.15, -0.1) is 13.2 Å². The minimum absolute atomic E-state index is 0.282. The Morgan fingerprint density at radius 3 is 2.29 bits per heavy atom. The number of alkyl halides is 5. The van der Waals surface area contributed by atoms with Crippen molar-refractivity contribution in [1.29, 1.82) is 5.26 Å². The third-order valence-corrected chi connectivity index (χ3v) is 5.34. The molecule has 8 nitrogen and oxygen atoms in total. The van der Waals surface area contributed by atoms with Gasteiger partial charge in [-0.1, -0.05) is 23.2 Å². The van der Waals surface area contributed by atoms with E-state index in [4.69, 9.17) is 23.2 Å². The lowest BCUT2D eigenvalue weighted by molar-refractivity contribution is -0.274. The van der Waals surface area contributed by atoms with E-state index in [0.29, 0.717) is 0 Å². The summed E-state index contributed by atoms with van der Waals surface area (Å²) < 4.78 is 76.1. The van der Waals surface area contributed by atoms with E-state index < -0.39 is 63.0 Å². The van der Waals surface area contributed by atoms with Crippen LogP contribution in [0.2, 0.25) is 10.0 Å². The highest BCUT2D eigenvalue weighted by Crippen LogP contribution is 2.64. The quantitative estimate of drug-likeness (QED) is 0.236. The van der Waals surface area contributed by atoms with Crippen molar-refractivity contribution < 1.29 is 36.2 Å². The summed E-state index contributed by atoms with van der Waals surface area (Å²) in [5, 5.41) is 12.7. The van der Waals surface area contributed by atoms with Crippen LogP contribution < -0.4 is 4.74 Å². The molecule has 2 aromatic rings. The van der Waals surface area contributed by atoms with Gasteiger partial charge in [0, 0.05) is 32.6 Å². The lowest BCUT2D eigenvalue weighted by Crippen LogP contribution is -2.29. The minimum atomic E-state index is -5.04. The van der Waals surface area contributed by atoms with Crippen LogP contribution in [-0.4, -0.2) is 60.5 Å². The molecule has 1 saturated carbocycles. The Kier molecular flexibility index (Phi) is 6.45. The normalized spacial score (nSPS) is 19.1. The van der Waals surface area contributed by atoms with Crippen LogP contribution in [0.5, 0.6) is 5.75 Å². The predicted octanol–water partition coefficient (Wildman–Crippen LogP) is 4.62. The molecule has 1 fully saturated rings. The molecule has 0 radical (unpaired) electrons.